The van der Waals surface area contributed by atoms with E-state index < -0.39 is 35.2 Å². The molecule has 0 saturated carbocycles. The molecule has 1 unspecified atom stereocenters. The molecule has 1 atom stereocenters. The maximum absolute atomic E-state index is 13.9. The van der Waals surface area contributed by atoms with E-state index in [2.05, 4.69) is 5.32 Å². The van der Waals surface area contributed by atoms with Crippen molar-refractivity contribution < 1.29 is 37.4 Å². The van der Waals surface area contributed by atoms with Crippen molar-refractivity contribution >= 4 is 18.0 Å². The van der Waals surface area contributed by atoms with Crippen LogP contribution in [0.25, 0.3) is 11.1 Å². The van der Waals surface area contributed by atoms with Crippen molar-refractivity contribution in [2.45, 2.75) is 56.8 Å². The summed E-state index contributed by atoms with van der Waals surface area (Å²) in [5, 5.41) is 12.7. The number of hydrogen-bond donors (Lipinski definition) is 3. The van der Waals surface area contributed by atoms with Crippen molar-refractivity contribution in [2.24, 2.45) is 0 Å². The van der Waals surface area contributed by atoms with Crippen LogP contribution in [0.3, 0.4) is 0 Å². The van der Waals surface area contributed by atoms with E-state index in [4.69, 9.17) is 9.84 Å². The molecule has 0 fully saturated rings. The molecular formula is C25H27F3N2O5. The van der Waals surface area contributed by atoms with Crippen molar-refractivity contribution in [3.8, 4) is 11.1 Å². The number of rotatable bonds is 8. The topological polar surface area (TPSA) is 105 Å². The van der Waals surface area contributed by atoms with Gasteiger partial charge in [-0.15, -0.1) is 0 Å². The Kier molecular flexibility index (Phi) is 7.14. The summed E-state index contributed by atoms with van der Waals surface area (Å²) in [7, 11) is 0. The Morgan fingerprint density at radius 2 is 1.43 bits per heavy atom. The number of halogens is 3. The maximum Gasteiger partial charge on any atom is 0.420 e. The predicted octanol–water partition coefficient (Wildman–Crippen LogP) is 4.61. The molecule has 2 aromatic carbocycles. The summed E-state index contributed by atoms with van der Waals surface area (Å²) in [4.78, 5) is 35.9. The Morgan fingerprint density at radius 3 is 1.91 bits per heavy atom. The van der Waals surface area contributed by atoms with Crippen LogP contribution in [0.5, 0.6) is 0 Å². The van der Waals surface area contributed by atoms with E-state index in [1.165, 1.54) is 13.8 Å². The van der Waals surface area contributed by atoms with Gasteiger partial charge < -0.3 is 15.2 Å². The highest BCUT2D eigenvalue weighted by Gasteiger charge is 2.59. The quantitative estimate of drug-likeness (QED) is 0.499. The van der Waals surface area contributed by atoms with E-state index in [0.29, 0.717) is 6.92 Å². The number of benzene rings is 2. The highest BCUT2D eigenvalue weighted by atomic mass is 19.4. The summed E-state index contributed by atoms with van der Waals surface area (Å²) in [6, 6.07) is 15.0. The second-order valence-electron chi connectivity index (χ2n) is 9.31. The van der Waals surface area contributed by atoms with Crippen molar-refractivity contribution in [1.82, 2.24) is 10.6 Å². The molecule has 35 heavy (non-hydrogen) atoms. The summed E-state index contributed by atoms with van der Waals surface area (Å²) in [5.74, 6) is -3.04. The summed E-state index contributed by atoms with van der Waals surface area (Å²) >= 11 is 0. The van der Waals surface area contributed by atoms with Crippen LogP contribution in [0.1, 0.15) is 50.7 Å². The molecule has 1 aliphatic carbocycles. The molecule has 2 aromatic rings. The van der Waals surface area contributed by atoms with Crippen LogP contribution in [0.2, 0.25) is 0 Å². The van der Waals surface area contributed by atoms with Crippen molar-refractivity contribution in [2.75, 3.05) is 6.61 Å². The first-order valence-corrected chi connectivity index (χ1v) is 11.0. The Labute approximate surface area is 200 Å². The highest BCUT2D eigenvalue weighted by Crippen LogP contribution is 2.44. The first-order chi connectivity index (χ1) is 16.2. The van der Waals surface area contributed by atoms with Crippen LogP contribution >= 0.6 is 0 Å². The SMILES string of the molecule is CC(C)(CCC(=O)O)NC(=O)C(C)(NC(=O)OCC1c2ccccc2-c2ccccc21)C(F)(F)F. The summed E-state index contributed by atoms with van der Waals surface area (Å²) in [6.07, 6.45) is -7.00. The van der Waals surface area contributed by atoms with Gasteiger partial charge in [0.25, 0.3) is 5.91 Å². The van der Waals surface area contributed by atoms with Crippen molar-refractivity contribution in [1.29, 1.82) is 0 Å². The second-order valence-corrected chi connectivity index (χ2v) is 9.31. The summed E-state index contributed by atoms with van der Waals surface area (Å²) in [6.45, 7) is 3.12. The largest absolute Gasteiger partial charge is 0.481 e. The zero-order valence-corrected chi connectivity index (χ0v) is 19.5. The van der Waals surface area contributed by atoms with Crippen molar-refractivity contribution in [3.63, 3.8) is 0 Å². The lowest BCUT2D eigenvalue weighted by atomic mass is 9.94. The minimum absolute atomic E-state index is 0.104. The number of carboxylic acid groups (broad SMARTS) is 1. The third kappa shape index (κ3) is 5.58. The van der Waals surface area contributed by atoms with Gasteiger partial charge >= 0.3 is 18.2 Å². The van der Waals surface area contributed by atoms with Crippen LogP contribution in [0, 0.1) is 0 Å². The van der Waals surface area contributed by atoms with Gasteiger partial charge in [-0.25, -0.2) is 4.79 Å². The van der Waals surface area contributed by atoms with Crippen LogP contribution in [-0.2, 0) is 14.3 Å². The molecule has 0 heterocycles. The minimum Gasteiger partial charge on any atom is -0.481 e. The van der Waals surface area contributed by atoms with E-state index >= 15 is 0 Å². The number of aliphatic carboxylic acids is 1. The lowest BCUT2D eigenvalue weighted by Gasteiger charge is -2.35. The standard InChI is InChI=1S/C25H27F3N2O5/c1-23(2,13-12-20(31)32)29-21(33)24(3,25(26,27)28)30-22(34)35-14-19-17-10-6-4-8-15(17)16-9-5-7-11-18(16)19/h4-11,19H,12-14H2,1-3H3,(H,29,33)(H,30,34)(H,31,32). The Balaban J connectivity index is 1.73. The summed E-state index contributed by atoms with van der Waals surface area (Å²) in [5.41, 5.74) is -0.864. The number of alkyl carbamates (subject to hydrolysis) is 1. The van der Waals surface area contributed by atoms with Gasteiger partial charge in [-0.1, -0.05) is 48.5 Å². The maximum atomic E-state index is 13.9. The van der Waals surface area contributed by atoms with Crippen LogP contribution in [0.4, 0.5) is 18.0 Å². The fraction of sp³-hybridized carbons (Fsp3) is 0.400. The molecule has 2 amide bonds. The molecule has 7 nitrogen and oxygen atoms in total. The molecule has 0 bridgehead atoms. The van der Waals surface area contributed by atoms with Gasteiger partial charge in [0.05, 0.1) is 0 Å². The fourth-order valence-corrected chi connectivity index (χ4v) is 4.01. The molecule has 0 aliphatic heterocycles. The third-order valence-electron chi connectivity index (χ3n) is 6.13. The molecule has 0 aromatic heterocycles. The third-order valence-corrected chi connectivity index (χ3v) is 6.13. The number of carbonyl (C=O) groups excluding carboxylic acids is 2. The molecular weight excluding hydrogens is 465 g/mol. The molecule has 0 spiro atoms. The molecule has 1 aliphatic rings. The first kappa shape index (κ1) is 26.1. The number of fused-ring (bicyclic) bond motifs is 3. The Morgan fingerprint density at radius 1 is 0.914 bits per heavy atom. The first-order valence-electron chi connectivity index (χ1n) is 11.0. The molecule has 0 radical (unpaired) electrons. The highest BCUT2D eigenvalue weighted by molar-refractivity contribution is 5.91. The Bertz CT molecular complexity index is 1090. The molecule has 10 heteroatoms. The number of ether oxygens (including phenoxy) is 1. The van der Waals surface area contributed by atoms with E-state index in [1.54, 1.807) is 5.32 Å². The van der Waals surface area contributed by atoms with Gasteiger partial charge in [-0.2, -0.15) is 13.2 Å². The number of hydrogen-bond acceptors (Lipinski definition) is 4. The molecule has 3 rings (SSSR count). The lowest BCUT2D eigenvalue weighted by Crippen LogP contribution is -2.67. The average Bonchev–Trinajstić information content (AvgIpc) is 3.09. The van der Waals surface area contributed by atoms with E-state index in [1.807, 2.05) is 48.5 Å². The molecule has 188 valence electrons. The fourth-order valence-electron chi connectivity index (χ4n) is 4.01. The number of nitrogens with one attached hydrogen (secondary N) is 2. The van der Waals surface area contributed by atoms with Crippen LogP contribution in [-0.4, -0.2) is 46.9 Å². The van der Waals surface area contributed by atoms with Gasteiger partial charge in [0.1, 0.15) is 6.61 Å². The zero-order valence-electron chi connectivity index (χ0n) is 19.5. The van der Waals surface area contributed by atoms with Crippen molar-refractivity contribution in [3.05, 3.63) is 59.7 Å². The van der Waals surface area contributed by atoms with Gasteiger partial charge in [-0.3, -0.25) is 14.9 Å². The zero-order chi connectivity index (χ0) is 26.0. The predicted molar refractivity (Wildman–Crippen MR) is 122 cm³/mol. The van der Waals surface area contributed by atoms with Gasteiger partial charge in [0.2, 0.25) is 5.54 Å². The molecule has 0 saturated heterocycles. The lowest BCUT2D eigenvalue weighted by molar-refractivity contribution is -0.195. The monoisotopic (exact) mass is 492 g/mol. The normalized spacial score (nSPS) is 14.9. The number of carbonyl (C=O) groups is 3. The van der Waals surface area contributed by atoms with Crippen LogP contribution < -0.4 is 10.6 Å². The summed E-state index contributed by atoms with van der Waals surface area (Å²) < 4.78 is 46.9. The van der Waals surface area contributed by atoms with E-state index in [9.17, 15) is 27.6 Å². The van der Waals surface area contributed by atoms with Gasteiger partial charge in [0, 0.05) is 17.9 Å². The average molecular weight is 492 g/mol. The number of alkyl halides is 3. The Hall–Kier alpha value is -3.56. The second kappa shape index (κ2) is 9.59. The van der Waals surface area contributed by atoms with Gasteiger partial charge in [0.15, 0.2) is 0 Å². The minimum atomic E-state index is -5.15. The van der Waals surface area contributed by atoms with E-state index in [0.717, 1.165) is 22.3 Å². The number of carboxylic acids is 1. The number of amides is 2. The van der Waals surface area contributed by atoms with Crippen LogP contribution in [0.15, 0.2) is 48.5 Å². The molecule has 3 N–H and O–H groups in total. The van der Waals surface area contributed by atoms with E-state index in [-0.39, 0.29) is 25.4 Å². The smallest absolute Gasteiger partial charge is 0.420 e. The van der Waals surface area contributed by atoms with Gasteiger partial charge in [-0.05, 0) is 49.4 Å².